The molecule has 1 N–H and O–H groups in total. The monoisotopic (exact) mass is 558 g/mol. The summed E-state index contributed by atoms with van der Waals surface area (Å²) >= 11 is 8.07. The van der Waals surface area contributed by atoms with Gasteiger partial charge in [-0.1, -0.05) is 11.6 Å². The molecule has 0 radical (unpaired) electrons. The number of aromatic nitrogens is 3. The maximum absolute atomic E-state index is 10.6. The molecule has 0 aliphatic carbocycles. The molecule has 0 bridgehead atoms. The highest BCUT2D eigenvalue weighted by atomic mass is 127. The molecule has 0 unspecified atom stereocenters. The molecule has 3 aromatic rings. The Labute approximate surface area is 197 Å². The highest BCUT2D eigenvalue weighted by Crippen LogP contribution is 2.30. The van der Waals surface area contributed by atoms with E-state index in [0.717, 1.165) is 53.6 Å². The minimum absolute atomic E-state index is 0.332. The molecular formula is C20H24ClIN6OS. The van der Waals surface area contributed by atoms with E-state index in [4.69, 9.17) is 11.6 Å². The maximum Gasteiger partial charge on any atom is 0.209 e. The fourth-order valence-corrected chi connectivity index (χ4v) is 4.85. The summed E-state index contributed by atoms with van der Waals surface area (Å²) in [6.45, 7) is 6.54. The molecule has 0 atom stereocenters. The van der Waals surface area contributed by atoms with Crippen molar-refractivity contribution >= 4 is 70.9 Å². The van der Waals surface area contributed by atoms with E-state index in [1.165, 1.54) is 5.56 Å². The number of likely N-dealkylation sites (tertiary alicyclic amines) is 1. The second kappa shape index (κ2) is 10.5. The summed E-state index contributed by atoms with van der Waals surface area (Å²) in [5, 5.41) is 5.04. The number of halogens is 2. The van der Waals surface area contributed by atoms with Crippen molar-refractivity contribution in [3.63, 3.8) is 0 Å². The van der Waals surface area contributed by atoms with Gasteiger partial charge in [-0.3, -0.25) is 8.77 Å². The third-order valence-corrected chi connectivity index (χ3v) is 6.78. The summed E-state index contributed by atoms with van der Waals surface area (Å²) in [4.78, 5) is 23.2. The number of hydrogen-bond acceptors (Lipinski definition) is 6. The number of benzene rings is 1. The predicted octanol–water partition coefficient (Wildman–Crippen LogP) is 4.63. The lowest BCUT2D eigenvalue weighted by Gasteiger charge is -2.42. The molecule has 3 heterocycles. The van der Waals surface area contributed by atoms with E-state index in [9.17, 15) is 4.79 Å². The average molecular weight is 559 g/mol. The number of anilines is 2. The summed E-state index contributed by atoms with van der Waals surface area (Å²) in [7, 11) is 3.60. The van der Waals surface area contributed by atoms with Gasteiger partial charge in [-0.25, -0.2) is 9.97 Å². The van der Waals surface area contributed by atoms with Crippen molar-refractivity contribution in [1.29, 1.82) is 0 Å². The van der Waals surface area contributed by atoms with Crippen LogP contribution in [0.4, 0.5) is 11.5 Å². The van der Waals surface area contributed by atoms with Crippen molar-refractivity contribution in [3.05, 3.63) is 47.4 Å². The highest BCUT2D eigenvalue weighted by molar-refractivity contribution is 14.2. The van der Waals surface area contributed by atoms with E-state index in [2.05, 4.69) is 54.4 Å². The van der Waals surface area contributed by atoms with Gasteiger partial charge in [-0.15, -0.1) is 0 Å². The first-order chi connectivity index (χ1) is 14.5. The Kier molecular flexibility index (Phi) is 8.06. The molecule has 7 nitrogen and oxygen atoms in total. The lowest BCUT2D eigenvalue weighted by molar-refractivity contribution is -0.121. The number of aryl methyl sites for hydroxylation is 1. The Morgan fingerprint density at radius 1 is 1.37 bits per heavy atom. The van der Waals surface area contributed by atoms with Crippen LogP contribution >= 0.6 is 41.9 Å². The fraction of sp³-hybridized carbons (Fsp3) is 0.350. The van der Waals surface area contributed by atoms with Crippen LogP contribution in [0.25, 0.3) is 11.0 Å². The van der Waals surface area contributed by atoms with Crippen molar-refractivity contribution < 1.29 is 4.79 Å². The first kappa shape index (κ1) is 23.0. The number of amides is 1. The first-order valence-electron chi connectivity index (χ1n) is 9.51. The molecule has 1 fully saturated rings. The molecule has 10 heteroatoms. The number of nitrogens with one attached hydrogen (secondary N) is 1. The van der Waals surface area contributed by atoms with Crippen LogP contribution in [0.1, 0.15) is 12.5 Å². The Balaban J connectivity index is 0.000000199. The van der Waals surface area contributed by atoms with Crippen molar-refractivity contribution in [2.45, 2.75) is 19.9 Å². The maximum atomic E-state index is 10.6. The minimum atomic E-state index is 0.332. The van der Waals surface area contributed by atoms with Crippen LogP contribution in [0.5, 0.6) is 0 Å². The molecule has 4 rings (SSSR count). The number of carbonyl (C=O) groups excluding carboxylic acids is 1. The van der Waals surface area contributed by atoms with E-state index in [-0.39, 0.29) is 0 Å². The smallest absolute Gasteiger partial charge is 0.209 e. The van der Waals surface area contributed by atoms with E-state index in [0.29, 0.717) is 6.04 Å². The summed E-state index contributed by atoms with van der Waals surface area (Å²) in [6.07, 6.45) is 4.48. The summed E-state index contributed by atoms with van der Waals surface area (Å²) in [5.41, 5.74) is 3.20. The molecule has 1 amide bonds. The fourth-order valence-electron chi connectivity index (χ4n) is 3.29. The largest absolute Gasteiger partial charge is 0.385 e. The number of likely N-dealkylation sites (N-methyl/N-ethyl adjacent to an activating group) is 1. The minimum Gasteiger partial charge on any atom is -0.385 e. The zero-order valence-electron chi connectivity index (χ0n) is 17.0. The van der Waals surface area contributed by atoms with Gasteiger partial charge in [0.1, 0.15) is 12.1 Å². The van der Waals surface area contributed by atoms with E-state index in [1.807, 2.05) is 42.3 Å². The molecule has 0 saturated carbocycles. The zero-order chi connectivity index (χ0) is 21.7. The van der Waals surface area contributed by atoms with Crippen molar-refractivity contribution in [2.75, 3.05) is 36.9 Å². The lowest BCUT2D eigenvalue weighted by Crippen LogP contribution is -2.58. The van der Waals surface area contributed by atoms with Crippen molar-refractivity contribution in [1.82, 2.24) is 18.8 Å². The van der Waals surface area contributed by atoms with Gasteiger partial charge < -0.3 is 15.1 Å². The molecule has 1 aliphatic rings. The number of carbonyl (C=O) groups is 1. The van der Waals surface area contributed by atoms with Gasteiger partial charge in [0.25, 0.3) is 0 Å². The molecule has 0 spiro atoms. The summed E-state index contributed by atoms with van der Waals surface area (Å²) < 4.78 is 2.01. The Morgan fingerprint density at radius 3 is 2.77 bits per heavy atom. The second-order valence-electron chi connectivity index (χ2n) is 7.02. The Bertz CT molecular complexity index is 990. The van der Waals surface area contributed by atoms with E-state index < -0.39 is 0 Å². The predicted molar refractivity (Wildman–Crippen MR) is 135 cm³/mol. The molecule has 1 saturated heterocycles. The SMILES string of the molecule is CCNc1cc(C)cc(Cl)c1.CN(c1ncnc2c1ccn2SI)C1CN(C=O)C1. The third-order valence-electron chi connectivity index (χ3n) is 4.85. The van der Waals surface area contributed by atoms with E-state index in [1.54, 1.807) is 20.3 Å². The average Bonchev–Trinajstić information content (AvgIpc) is 3.10. The summed E-state index contributed by atoms with van der Waals surface area (Å²) in [6, 6.07) is 8.32. The topological polar surface area (TPSA) is 66.3 Å². The number of nitrogens with zero attached hydrogens (tertiary/aromatic N) is 5. The van der Waals surface area contributed by atoms with Crippen LogP contribution in [0, 0.1) is 6.92 Å². The summed E-state index contributed by atoms with van der Waals surface area (Å²) in [5.74, 6) is 0.921. The third kappa shape index (κ3) is 5.30. The number of hydrogen-bond donors (Lipinski definition) is 1. The van der Waals surface area contributed by atoms with Gasteiger partial charge in [0.2, 0.25) is 6.41 Å². The van der Waals surface area contributed by atoms with Crippen LogP contribution in [-0.2, 0) is 4.79 Å². The Morgan fingerprint density at radius 2 is 2.13 bits per heavy atom. The first-order valence-corrected chi connectivity index (χ1v) is 13.2. The van der Waals surface area contributed by atoms with Crippen LogP contribution in [-0.4, -0.2) is 58.0 Å². The lowest BCUT2D eigenvalue weighted by atomic mass is 10.1. The highest BCUT2D eigenvalue weighted by Gasteiger charge is 2.30. The standard InChI is InChI=1S/C11H12IN5OS.C9H12ClN/c1-15(8-4-16(5-8)7-18)10-9-2-3-17(19-12)11(9)14-6-13-10;1-3-11-9-5-7(2)4-8(10)6-9/h2-3,6-8H,4-5H2,1H3;4-6,11H,3H2,1-2H3. The molecule has 2 aromatic heterocycles. The zero-order valence-corrected chi connectivity index (χ0v) is 20.8. The quantitative estimate of drug-likeness (QED) is 0.351. The van der Waals surface area contributed by atoms with Crippen LogP contribution in [0.3, 0.4) is 0 Å². The molecule has 160 valence electrons. The normalized spacial score (nSPS) is 13.4. The molecule has 1 aliphatic heterocycles. The van der Waals surface area contributed by atoms with E-state index >= 15 is 0 Å². The number of rotatable bonds is 6. The molecular weight excluding hydrogens is 535 g/mol. The van der Waals surface area contributed by atoms with Gasteiger partial charge >= 0.3 is 0 Å². The van der Waals surface area contributed by atoms with Crippen LogP contribution < -0.4 is 10.2 Å². The van der Waals surface area contributed by atoms with Gasteiger partial charge in [-0.05, 0) is 43.7 Å². The van der Waals surface area contributed by atoms with Crippen molar-refractivity contribution in [2.24, 2.45) is 0 Å². The van der Waals surface area contributed by atoms with Gasteiger partial charge in [-0.2, -0.15) is 0 Å². The van der Waals surface area contributed by atoms with Gasteiger partial charge in [0, 0.05) is 73.9 Å². The van der Waals surface area contributed by atoms with Crippen LogP contribution in [0.2, 0.25) is 5.02 Å². The van der Waals surface area contributed by atoms with Crippen LogP contribution in [0.15, 0.2) is 36.8 Å². The number of fused-ring (bicyclic) bond motifs is 1. The Hall–Kier alpha value is -1.72. The second-order valence-corrected chi connectivity index (χ2v) is 9.17. The molecule has 1 aromatic carbocycles. The molecule has 30 heavy (non-hydrogen) atoms. The van der Waals surface area contributed by atoms with Gasteiger partial charge in [0.15, 0.2) is 5.65 Å². The van der Waals surface area contributed by atoms with Gasteiger partial charge in [0.05, 0.1) is 11.4 Å². The van der Waals surface area contributed by atoms with Crippen molar-refractivity contribution in [3.8, 4) is 0 Å².